The summed E-state index contributed by atoms with van der Waals surface area (Å²) in [7, 11) is 0. The number of nitrogens with one attached hydrogen (secondary N) is 2. The van der Waals surface area contributed by atoms with Crippen LogP contribution in [-0.4, -0.2) is 16.0 Å². The molecule has 7 rings (SSSR count). The van der Waals surface area contributed by atoms with Gasteiger partial charge in [-0.15, -0.1) is 0 Å². The van der Waals surface area contributed by atoms with E-state index in [1.807, 2.05) is 12.1 Å². The molecule has 0 amide bonds. The minimum atomic E-state index is 0.253. The fraction of sp³-hybridized carbons (Fsp3) is 0. The molecule has 0 aliphatic heterocycles. The van der Waals surface area contributed by atoms with Gasteiger partial charge >= 0.3 is 0 Å². The zero-order valence-corrected chi connectivity index (χ0v) is 17.8. The highest BCUT2D eigenvalue weighted by atomic mass is 15.0. The lowest BCUT2D eigenvalue weighted by molar-refractivity contribution is 1.19. The maximum atomic E-state index is 8.57. The molecule has 0 spiro atoms. The highest BCUT2D eigenvalue weighted by molar-refractivity contribution is 6.53. The van der Waals surface area contributed by atoms with Crippen LogP contribution in [0.1, 0.15) is 11.1 Å². The zero-order valence-electron chi connectivity index (χ0n) is 17.8. The van der Waals surface area contributed by atoms with E-state index in [0.717, 1.165) is 33.1 Å². The number of hydrogen-bond donors (Lipinski definition) is 2. The number of para-hydroxylation sites is 1. The molecule has 0 bridgehead atoms. The second-order valence-electron chi connectivity index (χ2n) is 8.59. The third-order valence-corrected chi connectivity index (χ3v) is 6.81. The second-order valence-corrected chi connectivity index (χ2v) is 8.59. The van der Waals surface area contributed by atoms with Crippen molar-refractivity contribution in [3.05, 3.63) is 108 Å². The van der Waals surface area contributed by atoms with Crippen molar-refractivity contribution in [2.45, 2.75) is 0 Å². The van der Waals surface area contributed by atoms with Gasteiger partial charge in [0, 0.05) is 22.0 Å². The Morgan fingerprint density at radius 1 is 0.576 bits per heavy atom. The third kappa shape index (κ3) is 2.45. The molecule has 1 aromatic heterocycles. The van der Waals surface area contributed by atoms with Gasteiger partial charge in [0.1, 0.15) is 0 Å². The van der Waals surface area contributed by atoms with Crippen LogP contribution in [0.4, 0.5) is 0 Å². The molecule has 6 aromatic rings. The summed E-state index contributed by atoms with van der Waals surface area (Å²) in [5.74, 6) is 0. The highest BCUT2D eigenvalue weighted by Crippen LogP contribution is 2.38. The molecular weight excluding hydrogens is 402 g/mol. The summed E-state index contributed by atoms with van der Waals surface area (Å²) in [5.41, 5.74) is 5.76. The van der Waals surface area contributed by atoms with Crippen molar-refractivity contribution in [2.75, 3.05) is 0 Å². The lowest BCUT2D eigenvalue weighted by Crippen LogP contribution is -2.16. The van der Waals surface area contributed by atoms with E-state index in [-0.39, 0.29) is 11.4 Å². The third-order valence-electron chi connectivity index (χ3n) is 6.81. The molecule has 154 valence electrons. The van der Waals surface area contributed by atoms with E-state index < -0.39 is 0 Å². The van der Waals surface area contributed by atoms with Crippen molar-refractivity contribution < 1.29 is 0 Å². The minimum Gasteiger partial charge on any atom is -0.309 e. The van der Waals surface area contributed by atoms with Crippen LogP contribution >= 0.6 is 0 Å². The Balaban J connectivity index is 1.61. The maximum absolute atomic E-state index is 8.57. The van der Waals surface area contributed by atoms with E-state index in [1.165, 1.54) is 27.1 Å². The molecule has 0 radical (unpaired) electrons. The van der Waals surface area contributed by atoms with E-state index in [2.05, 4.69) is 89.5 Å². The second kappa shape index (κ2) is 6.50. The number of hydrogen-bond acceptors (Lipinski definition) is 2. The van der Waals surface area contributed by atoms with Crippen molar-refractivity contribution in [1.82, 2.24) is 4.57 Å². The molecule has 0 saturated heterocycles. The number of rotatable bonds is 1. The molecule has 3 heteroatoms. The van der Waals surface area contributed by atoms with Gasteiger partial charge in [0.05, 0.1) is 22.5 Å². The van der Waals surface area contributed by atoms with Crippen LogP contribution in [0.15, 0.2) is 97.1 Å². The largest absolute Gasteiger partial charge is 0.309 e. The van der Waals surface area contributed by atoms with Crippen molar-refractivity contribution >= 4 is 60.9 Å². The number of aromatic nitrogens is 1. The monoisotopic (exact) mass is 421 g/mol. The van der Waals surface area contributed by atoms with Gasteiger partial charge in [-0.2, -0.15) is 0 Å². The summed E-state index contributed by atoms with van der Waals surface area (Å²) < 4.78 is 2.32. The van der Waals surface area contributed by atoms with Crippen LogP contribution in [0.3, 0.4) is 0 Å². The number of benzene rings is 5. The SMILES string of the molecule is N=C1C=Cc2ccc3ccc(-n4c5ccccc5c5c6ccccc6ccc54)cc3c2C1=N. The summed E-state index contributed by atoms with van der Waals surface area (Å²) >= 11 is 0. The summed E-state index contributed by atoms with van der Waals surface area (Å²) in [6.07, 6.45) is 3.65. The molecule has 5 aromatic carbocycles. The van der Waals surface area contributed by atoms with Crippen molar-refractivity contribution in [1.29, 1.82) is 10.8 Å². The van der Waals surface area contributed by atoms with Crippen LogP contribution < -0.4 is 0 Å². The number of nitrogens with zero attached hydrogens (tertiary/aromatic N) is 1. The summed E-state index contributed by atoms with van der Waals surface area (Å²) in [4.78, 5) is 0. The predicted molar refractivity (Wildman–Crippen MR) is 139 cm³/mol. The maximum Gasteiger partial charge on any atom is 0.0873 e. The molecule has 2 N–H and O–H groups in total. The molecule has 1 aliphatic carbocycles. The van der Waals surface area contributed by atoms with Crippen LogP contribution in [0, 0.1) is 10.8 Å². The summed E-state index contributed by atoms with van der Waals surface area (Å²) in [6, 6.07) is 32.1. The average molecular weight is 422 g/mol. The molecule has 1 aliphatic rings. The molecule has 0 saturated carbocycles. The molecule has 1 heterocycles. The van der Waals surface area contributed by atoms with E-state index >= 15 is 0 Å². The number of fused-ring (bicyclic) bond motifs is 8. The summed E-state index contributed by atoms with van der Waals surface area (Å²) in [6.45, 7) is 0. The molecule has 0 atom stereocenters. The van der Waals surface area contributed by atoms with Crippen LogP contribution in [-0.2, 0) is 0 Å². The van der Waals surface area contributed by atoms with E-state index in [9.17, 15) is 0 Å². The van der Waals surface area contributed by atoms with Gasteiger partial charge in [0.25, 0.3) is 0 Å². The molecular formula is C30H19N3. The minimum absolute atomic E-state index is 0.253. The molecule has 3 nitrogen and oxygen atoms in total. The molecule has 33 heavy (non-hydrogen) atoms. The van der Waals surface area contributed by atoms with Crippen LogP contribution in [0.2, 0.25) is 0 Å². The van der Waals surface area contributed by atoms with Crippen molar-refractivity contribution in [3.63, 3.8) is 0 Å². The fourth-order valence-electron chi connectivity index (χ4n) is 5.29. The van der Waals surface area contributed by atoms with Crippen LogP contribution in [0.5, 0.6) is 0 Å². The van der Waals surface area contributed by atoms with E-state index in [0.29, 0.717) is 0 Å². The molecule has 0 fully saturated rings. The Kier molecular flexibility index (Phi) is 3.57. The van der Waals surface area contributed by atoms with Gasteiger partial charge < -0.3 is 4.57 Å². The van der Waals surface area contributed by atoms with Crippen molar-refractivity contribution in [2.24, 2.45) is 0 Å². The normalized spacial score (nSPS) is 13.5. The first kappa shape index (κ1) is 18.1. The van der Waals surface area contributed by atoms with Crippen molar-refractivity contribution in [3.8, 4) is 5.69 Å². The standard InChI is InChI=1S/C30H19N3/c31-25-15-12-20-10-9-19-11-14-21(17-24(19)28(20)30(25)32)33-26-8-4-3-7-23(26)29-22-6-2-1-5-18(22)13-16-27(29)33/h1-17,31-32H. The zero-order chi connectivity index (χ0) is 22.1. The lowest BCUT2D eigenvalue weighted by Gasteiger charge is -2.17. The number of allylic oxidation sites excluding steroid dienone is 1. The van der Waals surface area contributed by atoms with Gasteiger partial charge in [-0.05, 0) is 57.4 Å². The highest BCUT2D eigenvalue weighted by Gasteiger charge is 2.19. The Morgan fingerprint density at radius 3 is 2.21 bits per heavy atom. The van der Waals surface area contributed by atoms with Gasteiger partial charge in [-0.25, -0.2) is 0 Å². The van der Waals surface area contributed by atoms with Gasteiger partial charge in [0.15, 0.2) is 0 Å². The Hall–Kier alpha value is -4.50. The fourth-order valence-corrected chi connectivity index (χ4v) is 5.29. The quantitative estimate of drug-likeness (QED) is 0.276. The van der Waals surface area contributed by atoms with E-state index in [4.69, 9.17) is 10.8 Å². The Labute approximate surface area is 190 Å². The average Bonchev–Trinajstić information content (AvgIpc) is 3.20. The first-order valence-corrected chi connectivity index (χ1v) is 11.0. The topological polar surface area (TPSA) is 52.6 Å². The smallest absolute Gasteiger partial charge is 0.0873 e. The first-order valence-electron chi connectivity index (χ1n) is 11.0. The Bertz CT molecular complexity index is 1850. The molecule has 0 unspecified atom stereocenters. The summed E-state index contributed by atoms with van der Waals surface area (Å²) in [5, 5.41) is 23.8. The van der Waals surface area contributed by atoms with Crippen LogP contribution in [0.25, 0.3) is 55.1 Å². The first-order chi connectivity index (χ1) is 16.2. The Morgan fingerprint density at radius 2 is 1.30 bits per heavy atom. The van der Waals surface area contributed by atoms with Gasteiger partial charge in [-0.1, -0.05) is 72.8 Å². The van der Waals surface area contributed by atoms with E-state index in [1.54, 1.807) is 6.08 Å². The van der Waals surface area contributed by atoms with Gasteiger partial charge in [0.2, 0.25) is 0 Å². The predicted octanol–water partition coefficient (Wildman–Crippen LogP) is 7.50. The lowest BCUT2D eigenvalue weighted by atomic mass is 9.89. The van der Waals surface area contributed by atoms with Gasteiger partial charge in [-0.3, -0.25) is 10.8 Å².